The van der Waals surface area contributed by atoms with E-state index in [1.54, 1.807) is 60.7 Å². The Kier molecular flexibility index (Phi) is 17.2. The van der Waals surface area contributed by atoms with Gasteiger partial charge < -0.3 is 20.1 Å². The van der Waals surface area contributed by atoms with Crippen molar-refractivity contribution in [2.24, 2.45) is 0 Å². The summed E-state index contributed by atoms with van der Waals surface area (Å²) in [5, 5.41) is 5.04. The van der Waals surface area contributed by atoms with Gasteiger partial charge >= 0.3 is 12.2 Å². The zero-order valence-corrected chi connectivity index (χ0v) is 29.4. The molecule has 2 aliphatic rings. The number of carbonyl (C=O) groups excluding carboxylic acids is 8. The Labute approximate surface area is 303 Å². The predicted molar refractivity (Wildman–Crippen MR) is 188 cm³/mol. The summed E-state index contributed by atoms with van der Waals surface area (Å²) < 4.78 is 10.2. The molecule has 2 atom stereocenters. The zero-order chi connectivity index (χ0) is 34.5. The number of imide groups is 6. The summed E-state index contributed by atoms with van der Waals surface area (Å²) in [7, 11) is 0. The van der Waals surface area contributed by atoms with Crippen molar-refractivity contribution in [2.45, 2.75) is 89.5 Å². The van der Waals surface area contributed by atoms with Gasteiger partial charge in [-0.1, -0.05) is 86.3 Å². The number of benzene rings is 2. The normalized spacial score (nSPS) is 16.7. The molecule has 2 N–H and O–H groups in total. The monoisotopic (exact) mass is 730 g/mol. The van der Waals surface area contributed by atoms with Gasteiger partial charge in [0.1, 0.15) is 25.3 Å². The number of carbonyl (C=O) groups is 8. The molecule has 0 bridgehead atoms. The smallest absolute Gasteiger partial charge is 0.423 e. The Balaban J connectivity index is 0.00000433. The van der Waals surface area contributed by atoms with Gasteiger partial charge in [-0.3, -0.25) is 28.8 Å². The van der Waals surface area contributed by atoms with E-state index in [9.17, 15) is 38.4 Å². The average Bonchev–Trinajstić information content (AvgIpc) is 3.52. The third-order valence-electron chi connectivity index (χ3n) is 7.80. The molecule has 270 valence electrons. The lowest BCUT2D eigenvalue weighted by atomic mass is 10.1. The van der Waals surface area contributed by atoms with E-state index in [0.717, 1.165) is 25.7 Å². The van der Waals surface area contributed by atoms with E-state index in [-0.39, 0.29) is 65.9 Å². The Bertz CT molecular complexity index is 1410. The van der Waals surface area contributed by atoms with Gasteiger partial charge in [0, 0.05) is 12.8 Å². The van der Waals surface area contributed by atoms with Crippen LogP contribution in [0.5, 0.6) is 0 Å². The number of ether oxygens (including phenoxy) is 2. The number of nitrogens with one attached hydrogen (secondary N) is 2. The Morgan fingerprint density at radius 1 is 0.560 bits per heavy atom. The molecule has 16 heteroatoms. The van der Waals surface area contributed by atoms with Crippen LogP contribution in [0.1, 0.15) is 75.3 Å². The summed E-state index contributed by atoms with van der Waals surface area (Å²) in [6, 6.07) is 15.4. The van der Waals surface area contributed by atoms with E-state index in [2.05, 4.69) is 10.6 Å². The molecule has 0 saturated carbocycles. The van der Waals surface area contributed by atoms with Crippen LogP contribution >= 0.6 is 27.0 Å². The van der Waals surface area contributed by atoms with Crippen LogP contribution in [0.4, 0.5) is 9.59 Å². The van der Waals surface area contributed by atoms with Gasteiger partial charge in [0.25, 0.3) is 11.8 Å². The highest BCUT2D eigenvalue weighted by Crippen LogP contribution is 2.18. The molecule has 2 aliphatic heterocycles. The van der Waals surface area contributed by atoms with Crippen molar-refractivity contribution in [1.82, 2.24) is 20.4 Å². The molecule has 0 aliphatic carbocycles. The van der Waals surface area contributed by atoms with E-state index in [4.69, 9.17) is 9.47 Å². The number of likely N-dealkylation sites (tertiary alicyclic amines) is 2. The first-order chi connectivity index (χ1) is 23.1. The van der Waals surface area contributed by atoms with Gasteiger partial charge in [0.05, 0.1) is 12.8 Å². The van der Waals surface area contributed by atoms with Crippen LogP contribution < -0.4 is 10.6 Å². The average molecular weight is 731 g/mol. The van der Waals surface area contributed by atoms with Gasteiger partial charge in [-0.25, -0.2) is 9.59 Å². The van der Waals surface area contributed by atoms with Gasteiger partial charge in [0.2, 0.25) is 23.6 Å². The second kappa shape index (κ2) is 20.7. The number of amides is 8. The number of hydrogen-bond acceptors (Lipinski definition) is 10. The summed E-state index contributed by atoms with van der Waals surface area (Å²) in [6.45, 7) is -0.196. The molecule has 0 radical (unpaired) electrons. The topological polar surface area (TPSA) is 186 Å². The first kappa shape index (κ1) is 41.5. The minimum atomic E-state index is -1.12. The van der Waals surface area contributed by atoms with E-state index >= 15 is 0 Å². The van der Waals surface area contributed by atoms with Crippen LogP contribution in [0.15, 0.2) is 60.7 Å². The number of unbranched alkanes of at least 4 members (excludes halogenated alkanes) is 5. The molecule has 2 heterocycles. The standard InChI is InChI=1S/C34H38N4O10.2H2S/c39-27(35-25-19-29(41)37(31(25)43)33(45)47-21-23-13-7-5-8-14-23)17-11-3-1-2-4-12-18-28(40)36-26-20-30(42)38(32(26)44)34(46)48-22-24-15-9-6-10-16-24;;/h5-10,13-16,25-26H,1-4,11-12,17-22H2,(H,35,39)(H,36,40);2*1H2/t25-,26-;;/m0../s1. The Morgan fingerprint density at radius 2 is 0.900 bits per heavy atom. The summed E-state index contributed by atoms with van der Waals surface area (Å²) in [4.78, 5) is 99.8. The number of rotatable bonds is 15. The quantitative estimate of drug-likeness (QED) is 0.203. The molecule has 0 unspecified atom stereocenters. The van der Waals surface area contributed by atoms with Crippen molar-refractivity contribution in [3.05, 3.63) is 71.8 Å². The molecule has 2 aromatic carbocycles. The molecule has 0 aromatic heterocycles. The predicted octanol–water partition coefficient (Wildman–Crippen LogP) is 3.49. The van der Waals surface area contributed by atoms with Crippen molar-refractivity contribution >= 4 is 74.6 Å². The van der Waals surface area contributed by atoms with Crippen LogP contribution in [0.2, 0.25) is 0 Å². The molecule has 2 saturated heterocycles. The van der Waals surface area contributed by atoms with Gasteiger partial charge in [0.15, 0.2) is 0 Å². The fraction of sp³-hybridized carbons (Fsp3) is 0.412. The fourth-order valence-electron chi connectivity index (χ4n) is 5.25. The summed E-state index contributed by atoms with van der Waals surface area (Å²) in [5.41, 5.74) is 1.40. The third-order valence-corrected chi connectivity index (χ3v) is 7.80. The van der Waals surface area contributed by atoms with Crippen molar-refractivity contribution in [2.75, 3.05) is 0 Å². The lowest BCUT2D eigenvalue weighted by molar-refractivity contribution is -0.139. The van der Waals surface area contributed by atoms with Crippen LogP contribution in [-0.2, 0) is 51.5 Å². The highest BCUT2D eigenvalue weighted by molar-refractivity contribution is 7.59. The lowest BCUT2D eigenvalue weighted by Gasteiger charge is -2.14. The highest BCUT2D eigenvalue weighted by Gasteiger charge is 2.45. The van der Waals surface area contributed by atoms with Crippen molar-refractivity contribution in [3.8, 4) is 0 Å². The third kappa shape index (κ3) is 12.0. The van der Waals surface area contributed by atoms with Gasteiger partial charge in [-0.05, 0) is 24.0 Å². The SMILES string of the molecule is O=C(CCCCCCCCC(=O)N[C@H]1CC(=O)N(C(=O)OCc2ccccc2)C1=O)N[C@H]1CC(=O)N(C(=O)OCc2ccccc2)C1=O.S.S. The maximum absolute atomic E-state index is 12.6. The maximum atomic E-state index is 12.6. The lowest BCUT2D eigenvalue weighted by Crippen LogP contribution is -2.43. The van der Waals surface area contributed by atoms with Gasteiger partial charge in [-0.15, -0.1) is 0 Å². The molecule has 50 heavy (non-hydrogen) atoms. The number of hydrogen-bond donors (Lipinski definition) is 2. The van der Waals surface area contributed by atoms with Crippen LogP contribution in [0.25, 0.3) is 0 Å². The summed E-state index contributed by atoms with van der Waals surface area (Å²) >= 11 is 0. The van der Waals surface area contributed by atoms with E-state index in [0.29, 0.717) is 33.8 Å². The fourth-order valence-corrected chi connectivity index (χ4v) is 5.25. The first-order valence-electron chi connectivity index (χ1n) is 15.9. The molecular weight excluding hydrogens is 689 g/mol. The summed E-state index contributed by atoms with van der Waals surface area (Å²) in [5.74, 6) is -3.92. The number of nitrogens with zero attached hydrogens (tertiary/aromatic N) is 2. The second-order valence-corrected chi connectivity index (χ2v) is 11.5. The molecular formula is C34H42N4O10S2. The minimum absolute atomic E-state index is 0. The van der Waals surface area contributed by atoms with Crippen molar-refractivity contribution in [1.29, 1.82) is 0 Å². The van der Waals surface area contributed by atoms with E-state index in [1.165, 1.54) is 0 Å². The molecule has 8 amide bonds. The van der Waals surface area contributed by atoms with E-state index in [1.807, 2.05) is 0 Å². The van der Waals surface area contributed by atoms with Crippen molar-refractivity contribution in [3.63, 3.8) is 0 Å². The Hall–Kier alpha value is -4.70. The highest BCUT2D eigenvalue weighted by atomic mass is 32.1. The summed E-state index contributed by atoms with van der Waals surface area (Å²) in [6.07, 6.45) is 1.65. The maximum Gasteiger partial charge on any atom is 0.423 e. The molecule has 4 rings (SSSR count). The zero-order valence-electron chi connectivity index (χ0n) is 27.4. The molecule has 2 aromatic rings. The van der Waals surface area contributed by atoms with Gasteiger partial charge in [-0.2, -0.15) is 36.8 Å². The minimum Gasteiger partial charge on any atom is -0.444 e. The van der Waals surface area contributed by atoms with Crippen LogP contribution in [0, 0.1) is 0 Å². The van der Waals surface area contributed by atoms with Crippen molar-refractivity contribution < 1.29 is 47.8 Å². The van der Waals surface area contributed by atoms with Crippen LogP contribution in [0.3, 0.4) is 0 Å². The molecule has 0 spiro atoms. The molecule has 14 nitrogen and oxygen atoms in total. The first-order valence-corrected chi connectivity index (χ1v) is 15.9. The molecule has 2 fully saturated rings. The van der Waals surface area contributed by atoms with E-state index < -0.39 is 59.7 Å². The Morgan fingerprint density at radius 3 is 1.26 bits per heavy atom. The second-order valence-electron chi connectivity index (χ2n) is 11.5. The van der Waals surface area contributed by atoms with Crippen LogP contribution in [-0.4, -0.2) is 69.5 Å². The largest absolute Gasteiger partial charge is 0.444 e.